The lowest BCUT2D eigenvalue weighted by Crippen LogP contribution is -2.67. The maximum absolute atomic E-state index is 12.8. The molecule has 11 heteroatoms. The minimum absolute atomic E-state index is 0.00423. The van der Waals surface area contributed by atoms with Gasteiger partial charge in [0.15, 0.2) is 0 Å². The molecule has 2 rings (SSSR count). The number of esters is 4. The van der Waals surface area contributed by atoms with E-state index in [0.717, 1.165) is 0 Å². The molecule has 0 saturated carbocycles. The van der Waals surface area contributed by atoms with Gasteiger partial charge in [-0.05, 0) is 62.3 Å². The van der Waals surface area contributed by atoms with Gasteiger partial charge in [0.05, 0.1) is 31.7 Å². The van der Waals surface area contributed by atoms with E-state index in [0.29, 0.717) is 26.2 Å². The second-order valence-electron chi connectivity index (χ2n) is 12.9. The van der Waals surface area contributed by atoms with Crippen LogP contribution in [0.25, 0.3) is 0 Å². The van der Waals surface area contributed by atoms with E-state index in [2.05, 4.69) is 0 Å². The van der Waals surface area contributed by atoms with Crippen LogP contribution < -0.4 is 0 Å². The molecule has 0 aromatic carbocycles. The SMILES string of the molecule is CC(C)(C)OC(=O)CN1CCN(CC(=O)OC(C)(C)C)CC2(COC(=O)CN2CC(=O)OC(C)(C)C)C1. The largest absolute Gasteiger partial charge is 0.463 e. The molecule has 1 spiro atoms. The molecule has 37 heavy (non-hydrogen) atoms. The number of carbonyl (C=O) groups is 4. The van der Waals surface area contributed by atoms with Crippen LogP contribution in [0.15, 0.2) is 0 Å². The number of ether oxygens (including phenoxy) is 4. The fraction of sp³-hybridized carbons (Fsp3) is 0.846. The van der Waals surface area contributed by atoms with Crippen molar-refractivity contribution in [1.82, 2.24) is 14.7 Å². The maximum Gasteiger partial charge on any atom is 0.320 e. The third-order valence-electron chi connectivity index (χ3n) is 5.55. The Morgan fingerprint density at radius 3 is 1.49 bits per heavy atom. The summed E-state index contributed by atoms with van der Waals surface area (Å²) in [6.45, 7) is 17.6. The minimum Gasteiger partial charge on any atom is -0.463 e. The number of nitrogens with zero attached hydrogens (tertiary/aromatic N) is 3. The summed E-state index contributed by atoms with van der Waals surface area (Å²) < 4.78 is 22.1. The van der Waals surface area contributed by atoms with Gasteiger partial charge in [0, 0.05) is 26.2 Å². The molecule has 2 heterocycles. The Morgan fingerprint density at radius 2 is 1.11 bits per heavy atom. The van der Waals surface area contributed by atoms with E-state index in [1.165, 1.54) is 0 Å². The average Bonchev–Trinajstić information content (AvgIpc) is 2.80. The Balaban J connectivity index is 2.33. The molecule has 0 aliphatic carbocycles. The summed E-state index contributed by atoms with van der Waals surface area (Å²) in [4.78, 5) is 56.0. The fourth-order valence-electron chi connectivity index (χ4n) is 4.43. The first kappa shape index (κ1) is 31.0. The van der Waals surface area contributed by atoms with E-state index in [-0.39, 0.29) is 44.7 Å². The molecule has 212 valence electrons. The van der Waals surface area contributed by atoms with E-state index in [4.69, 9.17) is 18.9 Å². The predicted octanol–water partition coefficient (Wildman–Crippen LogP) is 1.23. The number of morpholine rings is 1. The quantitative estimate of drug-likeness (QED) is 0.367. The smallest absolute Gasteiger partial charge is 0.320 e. The zero-order valence-corrected chi connectivity index (χ0v) is 24.0. The lowest BCUT2D eigenvalue weighted by Gasteiger charge is -2.47. The summed E-state index contributed by atoms with van der Waals surface area (Å²) >= 11 is 0. The standard InChI is InChI=1S/C26H45N3O8/c1-23(2,3)35-20(31)12-27-10-11-28(13-21(32)36-24(4,5)6)17-26(16-27)18-34-19(30)14-29(26)15-22(33)37-25(7,8)9/h10-18H2,1-9H3. The van der Waals surface area contributed by atoms with Crippen molar-refractivity contribution < 1.29 is 38.1 Å². The number of rotatable bonds is 6. The van der Waals surface area contributed by atoms with Crippen LogP contribution in [0, 0.1) is 0 Å². The maximum atomic E-state index is 12.8. The summed E-state index contributed by atoms with van der Waals surface area (Å²) in [5.41, 5.74) is -2.81. The molecular formula is C26H45N3O8. The van der Waals surface area contributed by atoms with Gasteiger partial charge in [-0.15, -0.1) is 0 Å². The molecule has 0 radical (unpaired) electrons. The molecule has 0 bridgehead atoms. The van der Waals surface area contributed by atoms with Gasteiger partial charge in [0.25, 0.3) is 0 Å². The van der Waals surface area contributed by atoms with Gasteiger partial charge in [0.2, 0.25) is 0 Å². The Bertz CT molecular complexity index is 813. The number of hydrogen-bond acceptors (Lipinski definition) is 11. The number of cyclic esters (lactones) is 1. The molecule has 2 fully saturated rings. The van der Waals surface area contributed by atoms with Crippen LogP contribution in [0.5, 0.6) is 0 Å². The normalized spacial score (nSPS) is 20.2. The molecule has 0 unspecified atom stereocenters. The minimum atomic E-state index is -0.856. The van der Waals surface area contributed by atoms with Crippen molar-refractivity contribution in [3.05, 3.63) is 0 Å². The molecule has 0 atom stereocenters. The van der Waals surface area contributed by atoms with Crippen LogP contribution in [0.1, 0.15) is 62.3 Å². The van der Waals surface area contributed by atoms with Gasteiger partial charge in [-0.1, -0.05) is 0 Å². The van der Waals surface area contributed by atoms with Crippen LogP contribution >= 0.6 is 0 Å². The van der Waals surface area contributed by atoms with Crippen molar-refractivity contribution in [3.8, 4) is 0 Å². The van der Waals surface area contributed by atoms with Crippen molar-refractivity contribution >= 4 is 23.9 Å². The molecule has 2 aliphatic heterocycles. The zero-order valence-electron chi connectivity index (χ0n) is 24.0. The molecule has 0 aromatic heterocycles. The van der Waals surface area contributed by atoms with Gasteiger partial charge >= 0.3 is 23.9 Å². The van der Waals surface area contributed by atoms with Crippen molar-refractivity contribution in [2.45, 2.75) is 84.7 Å². The van der Waals surface area contributed by atoms with Gasteiger partial charge in [-0.2, -0.15) is 0 Å². The van der Waals surface area contributed by atoms with Gasteiger partial charge in [-0.3, -0.25) is 33.9 Å². The highest BCUT2D eigenvalue weighted by Gasteiger charge is 2.48. The molecule has 0 N–H and O–H groups in total. The van der Waals surface area contributed by atoms with Crippen molar-refractivity contribution in [2.75, 3.05) is 59.0 Å². The first-order chi connectivity index (χ1) is 16.8. The molecule has 0 amide bonds. The van der Waals surface area contributed by atoms with E-state index in [9.17, 15) is 19.2 Å². The third-order valence-corrected chi connectivity index (χ3v) is 5.55. The summed E-state index contributed by atoms with van der Waals surface area (Å²) in [5, 5.41) is 0. The van der Waals surface area contributed by atoms with E-state index in [1.807, 2.05) is 9.80 Å². The van der Waals surface area contributed by atoms with Crippen LogP contribution in [0.2, 0.25) is 0 Å². The van der Waals surface area contributed by atoms with E-state index < -0.39 is 34.3 Å². The van der Waals surface area contributed by atoms with Crippen molar-refractivity contribution in [1.29, 1.82) is 0 Å². The van der Waals surface area contributed by atoms with Gasteiger partial charge in [-0.25, -0.2) is 0 Å². The number of carbonyl (C=O) groups excluding carboxylic acids is 4. The lowest BCUT2D eigenvalue weighted by molar-refractivity contribution is -0.174. The highest BCUT2D eigenvalue weighted by molar-refractivity contribution is 5.76. The van der Waals surface area contributed by atoms with E-state index >= 15 is 0 Å². The first-order valence-corrected chi connectivity index (χ1v) is 12.8. The second-order valence-corrected chi connectivity index (χ2v) is 12.9. The van der Waals surface area contributed by atoms with Crippen LogP contribution in [-0.2, 0) is 38.1 Å². The van der Waals surface area contributed by atoms with Crippen molar-refractivity contribution in [3.63, 3.8) is 0 Å². The second kappa shape index (κ2) is 11.7. The summed E-state index contributed by atoms with van der Waals surface area (Å²) in [7, 11) is 0. The summed E-state index contributed by atoms with van der Waals surface area (Å²) in [6.07, 6.45) is 0. The summed E-state index contributed by atoms with van der Waals surface area (Å²) in [5.74, 6) is -1.68. The Morgan fingerprint density at radius 1 is 0.730 bits per heavy atom. The average molecular weight is 528 g/mol. The van der Waals surface area contributed by atoms with Gasteiger partial charge < -0.3 is 18.9 Å². The fourth-order valence-corrected chi connectivity index (χ4v) is 4.43. The Labute approximate surface area is 220 Å². The highest BCUT2D eigenvalue weighted by atomic mass is 16.6. The van der Waals surface area contributed by atoms with Crippen LogP contribution in [0.3, 0.4) is 0 Å². The van der Waals surface area contributed by atoms with Gasteiger partial charge in [0.1, 0.15) is 23.4 Å². The van der Waals surface area contributed by atoms with Crippen LogP contribution in [0.4, 0.5) is 0 Å². The topological polar surface area (TPSA) is 115 Å². The predicted molar refractivity (Wildman–Crippen MR) is 136 cm³/mol. The zero-order chi connectivity index (χ0) is 28.2. The van der Waals surface area contributed by atoms with Crippen LogP contribution in [-0.4, -0.2) is 120 Å². The highest BCUT2D eigenvalue weighted by Crippen LogP contribution is 2.27. The molecular weight excluding hydrogens is 482 g/mol. The molecule has 2 saturated heterocycles. The first-order valence-electron chi connectivity index (χ1n) is 12.8. The molecule has 11 nitrogen and oxygen atoms in total. The third kappa shape index (κ3) is 11.0. The lowest BCUT2D eigenvalue weighted by atomic mass is 9.94. The van der Waals surface area contributed by atoms with Crippen molar-refractivity contribution in [2.24, 2.45) is 0 Å². The monoisotopic (exact) mass is 527 g/mol. The Kier molecular flexibility index (Phi) is 9.76. The molecule has 0 aromatic rings. The summed E-state index contributed by atoms with van der Waals surface area (Å²) in [6, 6.07) is 0. The molecule has 2 aliphatic rings. The Hall–Kier alpha value is -2.24. The van der Waals surface area contributed by atoms with E-state index in [1.54, 1.807) is 67.2 Å². The number of hydrogen-bond donors (Lipinski definition) is 0.